The summed E-state index contributed by atoms with van der Waals surface area (Å²) in [6.07, 6.45) is 4.77. The number of piperidine rings is 1. The molecule has 1 aromatic rings. The lowest BCUT2D eigenvalue weighted by molar-refractivity contribution is -0.142. The van der Waals surface area contributed by atoms with E-state index < -0.39 is 22.2 Å². The SMILES string of the molecule is CN(C)c1ncc(CNS(=O)(=O)N2CCCCC2C(=O)O)cn1. The average Bonchev–Trinajstić information content (AvgIpc) is 2.53. The zero-order chi connectivity index (χ0) is 17.0. The second kappa shape index (κ2) is 7.20. The number of aromatic nitrogens is 2. The van der Waals surface area contributed by atoms with Gasteiger partial charge in [-0.25, -0.2) is 9.97 Å². The van der Waals surface area contributed by atoms with Crippen molar-refractivity contribution < 1.29 is 18.3 Å². The number of carbonyl (C=O) groups is 1. The van der Waals surface area contributed by atoms with Crippen LogP contribution in [0.25, 0.3) is 0 Å². The van der Waals surface area contributed by atoms with Crippen LogP contribution in [0.4, 0.5) is 5.95 Å². The zero-order valence-electron chi connectivity index (χ0n) is 13.1. The molecule has 0 spiro atoms. The molecule has 128 valence electrons. The smallest absolute Gasteiger partial charge is 0.322 e. The van der Waals surface area contributed by atoms with Gasteiger partial charge in [-0.1, -0.05) is 0 Å². The molecule has 2 N–H and O–H groups in total. The Morgan fingerprint density at radius 1 is 1.39 bits per heavy atom. The van der Waals surface area contributed by atoms with Crippen molar-refractivity contribution in [2.24, 2.45) is 0 Å². The lowest BCUT2D eigenvalue weighted by Crippen LogP contribution is -2.51. The van der Waals surface area contributed by atoms with Gasteiger partial charge in [-0.15, -0.1) is 0 Å². The topological polar surface area (TPSA) is 116 Å². The molecule has 9 nitrogen and oxygen atoms in total. The van der Waals surface area contributed by atoms with Crippen LogP contribution in [-0.4, -0.2) is 60.4 Å². The standard InChI is InChI=1S/C13H21N5O4S/c1-17(2)13-14-7-10(8-15-13)9-16-23(21,22)18-6-4-3-5-11(18)12(19)20/h7-8,11,16H,3-6,9H2,1-2H3,(H,19,20). The highest BCUT2D eigenvalue weighted by Crippen LogP contribution is 2.20. The van der Waals surface area contributed by atoms with E-state index in [2.05, 4.69) is 14.7 Å². The summed E-state index contributed by atoms with van der Waals surface area (Å²) in [7, 11) is -0.254. The van der Waals surface area contributed by atoms with Crippen molar-refractivity contribution in [2.45, 2.75) is 31.8 Å². The van der Waals surface area contributed by atoms with Crippen LogP contribution >= 0.6 is 0 Å². The molecule has 1 aliphatic heterocycles. The van der Waals surface area contributed by atoms with E-state index in [0.29, 0.717) is 30.8 Å². The van der Waals surface area contributed by atoms with Crippen LogP contribution in [0.3, 0.4) is 0 Å². The Labute approximate surface area is 135 Å². The van der Waals surface area contributed by atoms with Crippen molar-refractivity contribution in [3.8, 4) is 0 Å². The first-order chi connectivity index (χ1) is 10.8. The van der Waals surface area contributed by atoms with Crippen LogP contribution in [0.2, 0.25) is 0 Å². The van der Waals surface area contributed by atoms with Crippen molar-refractivity contribution in [3.63, 3.8) is 0 Å². The number of carboxylic acid groups (broad SMARTS) is 1. The molecule has 1 unspecified atom stereocenters. The van der Waals surface area contributed by atoms with E-state index in [4.69, 9.17) is 0 Å². The monoisotopic (exact) mass is 343 g/mol. The number of nitrogens with zero attached hydrogens (tertiary/aromatic N) is 4. The van der Waals surface area contributed by atoms with Crippen molar-refractivity contribution in [2.75, 3.05) is 25.5 Å². The zero-order valence-corrected chi connectivity index (χ0v) is 14.0. The highest BCUT2D eigenvalue weighted by atomic mass is 32.2. The molecule has 1 atom stereocenters. The first-order valence-corrected chi connectivity index (χ1v) is 8.73. The highest BCUT2D eigenvalue weighted by molar-refractivity contribution is 7.87. The second-order valence-corrected chi connectivity index (χ2v) is 7.28. The Kier molecular flexibility index (Phi) is 5.50. The van der Waals surface area contributed by atoms with Gasteiger partial charge in [-0.3, -0.25) is 4.79 Å². The molecule has 0 bridgehead atoms. The summed E-state index contributed by atoms with van der Waals surface area (Å²) in [5.41, 5.74) is 0.600. The van der Waals surface area contributed by atoms with Crippen LogP contribution in [0.5, 0.6) is 0 Å². The maximum Gasteiger partial charge on any atom is 0.322 e. The van der Waals surface area contributed by atoms with Gasteiger partial charge in [0.15, 0.2) is 0 Å². The molecule has 2 rings (SSSR count). The minimum absolute atomic E-state index is 0.0128. The summed E-state index contributed by atoms with van der Waals surface area (Å²) in [6, 6.07) is -1.01. The third-order valence-corrected chi connectivity index (χ3v) is 5.16. The molecule has 10 heteroatoms. The summed E-state index contributed by atoms with van der Waals surface area (Å²) in [6.45, 7) is 0.223. The van der Waals surface area contributed by atoms with Gasteiger partial charge in [0, 0.05) is 45.1 Å². The lowest BCUT2D eigenvalue weighted by Gasteiger charge is -2.31. The van der Waals surface area contributed by atoms with Crippen LogP contribution in [0.1, 0.15) is 24.8 Å². The van der Waals surface area contributed by atoms with Gasteiger partial charge in [-0.2, -0.15) is 17.4 Å². The van der Waals surface area contributed by atoms with E-state index in [0.717, 1.165) is 4.31 Å². The number of anilines is 1. The lowest BCUT2D eigenvalue weighted by atomic mass is 10.1. The van der Waals surface area contributed by atoms with Crippen molar-refractivity contribution in [1.82, 2.24) is 19.0 Å². The predicted molar refractivity (Wildman–Crippen MR) is 84.1 cm³/mol. The van der Waals surface area contributed by atoms with E-state index in [1.54, 1.807) is 19.0 Å². The second-order valence-electron chi connectivity index (χ2n) is 5.57. The number of rotatable bonds is 6. The molecule has 0 radical (unpaired) electrons. The molecule has 1 aromatic heterocycles. The van der Waals surface area contributed by atoms with Gasteiger partial charge in [0.25, 0.3) is 10.2 Å². The van der Waals surface area contributed by atoms with Crippen LogP contribution in [0.15, 0.2) is 12.4 Å². The fourth-order valence-corrected chi connectivity index (χ4v) is 3.78. The Balaban J connectivity index is 2.04. The fraction of sp³-hybridized carbons (Fsp3) is 0.615. The summed E-state index contributed by atoms with van der Waals surface area (Å²) in [5, 5.41) is 9.18. The molecule has 0 amide bonds. The minimum atomic E-state index is -3.87. The summed E-state index contributed by atoms with van der Waals surface area (Å²) >= 11 is 0. The van der Waals surface area contributed by atoms with Crippen LogP contribution in [-0.2, 0) is 21.5 Å². The van der Waals surface area contributed by atoms with Crippen molar-refractivity contribution in [3.05, 3.63) is 18.0 Å². The molecule has 0 aromatic carbocycles. The number of hydrogen-bond donors (Lipinski definition) is 2. The van der Waals surface area contributed by atoms with Crippen molar-refractivity contribution in [1.29, 1.82) is 0 Å². The normalized spacial score (nSPS) is 19.5. The molecule has 1 fully saturated rings. The third-order valence-electron chi connectivity index (χ3n) is 3.60. The van der Waals surface area contributed by atoms with Gasteiger partial charge in [-0.05, 0) is 19.3 Å². The molecule has 1 saturated heterocycles. The van der Waals surface area contributed by atoms with Gasteiger partial charge in [0.05, 0.1) is 0 Å². The molecule has 0 saturated carbocycles. The molecule has 23 heavy (non-hydrogen) atoms. The first kappa shape index (κ1) is 17.6. The number of nitrogens with one attached hydrogen (secondary N) is 1. The van der Waals surface area contributed by atoms with E-state index in [1.807, 2.05) is 0 Å². The van der Waals surface area contributed by atoms with Crippen LogP contribution < -0.4 is 9.62 Å². The summed E-state index contributed by atoms with van der Waals surface area (Å²) in [5.74, 6) is -0.590. The summed E-state index contributed by atoms with van der Waals surface area (Å²) < 4.78 is 28.1. The number of carboxylic acids is 1. The van der Waals surface area contributed by atoms with E-state index in [1.165, 1.54) is 12.4 Å². The van der Waals surface area contributed by atoms with E-state index >= 15 is 0 Å². The Hall–Kier alpha value is -1.78. The Morgan fingerprint density at radius 3 is 2.61 bits per heavy atom. The third kappa shape index (κ3) is 4.36. The van der Waals surface area contributed by atoms with Crippen LogP contribution in [0, 0.1) is 0 Å². The first-order valence-electron chi connectivity index (χ1n) is 7.29. The largest absolute Gasteiger partial charge is 0.480 e. The van der Waals surface area contributed by atoms with E-state index in [9.17, 15) is 18.3 Å². The van der Waals surface area contributed by atoms with Crippen molar-refractivity contribution >= 4 is 22.1 Å². The Bertz CT molecular complexity index is 647. The van der Waals surface area contributed by atoms with Gasteiger partial charge in [0.1, 0.15) is 6.04 Å². The van der Waals surface area contributed by atoms with Gasteiger partial charge < -0.3 is 10.0 Å². The molecule has 2 heterocycles. The highest BCUT2D eigenvalue weighted by Gasteiger charge is 2.36. The quantitative estimate of drug-likeness (QED) is 0.736. The maximum absolute atomic E-state index is 12.4. The Morgan fingerprint density at radius 2 is 2.04 bits per heavy atom. The average molecular weight is 343 g/mol. The predicted octanol–water partition coefficient (Wildman–Crippen LogP) is -0.184. The summed E-state index contributed by atoms with van der Waals surface area (Å²) in [4.78, 5) is 21.2. The number of hydrogen-bond acceptors (Lipinski definition) is 6. The molecule has 0 aliphatic carbocycles. The minimum Gasteiger partial charge on any atom is -0.480 e. The van der Waals surface area contributed by atoms with E-state index in [-0.39, 0.29) is 13.1 Å². The maximum atomic E-state index is 12.4. The van der Waals surface area contributed by atoms with Gasteiger partial charge >= 0.3 is 5.97 Å². The molecular formula is C13H21N5O4S. The fourth-order valence-electron chi connectivity index (χ4n) is 2.37. The van der Waals surface area contributed by atoms with Gasteiger partial charge in [0.2, 0.25) is 5.95 Å². The molecular weight excluding hydrogens is 322 g/mol. The number of aliphatic carboxylic acids is 1. The molecule has 1 aliphatic rings.